The van der Waals surface area contributed by atoms with Gasteiger partial charge in [-0.15, -0.1) is 0 Å². The smallest absolute Gasteiger partial charge is 0.305 e. The first-order chi connectivity index (χ1) is 44.9. The number of benzene rings is 4. The number of nitrogens with zero attached hydrogens (tertiary/aromatic N) is 1. The number of rotatable bonds is 18. The number of carbonyl (C=O) groups excluding carboxylic acids is 11. The molecule has 2 fully saturated rings. The molecule has 4 aromatic carbocycles. The molecule has 1 aromatic heterocycles. The topological polar surface area (TPSA) is 425 Å². The number of aromatic hydroxyl groups is 1. The van der Waals surface area contributed by atoms with Gasteiger partial charge in [0.25, 0.3) is 0 Å². The quantitative estimate of drug-likeness (QED) is 0.0561. The van der Waals surface area contributed by atoms with E-state index in [0.717, 1.165) is 0 Å². The van der Waals surface area contributed by atoms with Crippen molar-refractivity contribution in [2.45, 2.75) is 159 Å². The molecule has 502 valence electrons. The second-order valence-electron chi connectivity index (χ2n) is 24.6. The Morgan fingerprint density at radius 2 is 0.979 bits per heavy atom. The van der Waals surface area contributed by atoms with Gasteiger partial charge in [0.15, 0.2) is 0 Å². The maximum atomic E-state index is 15.2. The van der Waals surface area contributed by atoms with Crippen LogP contribution in [0.1, 0.15) is 94.9 Å². The van der Waals surface area contributed by atoms with Gasteiger partial charge in [-0.3, -0.25) is 57.5 Å². The number of aliphatic carboxylic acids is 1. The molecule has 0 saturated carbocycles. The van der Waals surface area contributed by atoms with Crippen LogP contribution >= 0.6 is 0 Å². The first-order valence-corrected chi connectivity index (χ1v) is 31.5. The van der Waals surface area contributed by atoms with Crippen molar-refractivity contribution in [2.24, 2.45) is 23.3 Å². The second kappa shape index (κ2) is 33.9. The molecule has 2 aliphatic rings. The van der Waals surface area contributed by atoms with Gasteiger partial charge in [-0.2, -0.15) is 0 Å². The normalized spacial score (nSPS) is 23.8. The fourth-order valence-electron chi connectivity index (χ4n) is 11.5. The number of phenols is 1. The van der Waals surface area contributed by atoms with Gasteiger partial charge in [-0.25, -0.2) is 0 Å². The fourth-order valence-corrected chi connectivity index (χ4v) is 11.5. The van der Waals surface area contributed by atoms with E-state index >= 15 is 4.79 Å². The van der Waals surface area contributed by atoms with Crippen LogP contribution in [0.5, 0.6) is 5.75 Å². The average Bonchev–Trinajstić information content (AvgIpc) is 1.60. The summed E-state index contributed by atoms with van der Waals surface area (Å²) in [4.78, 5) is 177. The molecule has 0 aliphatic carbocycles. The minimum Gasteiger partial charge on any atom is -0.508 e. The van der Waals surface area contributed by atoms with Crippen LogP contribution in [0, 0.1) is 11.8 Å². The first-order valence-electron chi connectivity index (χ1n) is 31.5. The number of phenolic OH excluding ortho intramolecular Hbond substituents is 1. The van der Waals surface area contributed by atoms with E-state index in [1.54, 1.807) is 131 Å². The third-order valence-electron chi connectivity index (χ3n) is 16.4. The molecule has 27 nitrogen and oxygen atoms in total. The molecule has 16 N–H and O–H groups in total. The van der Waals surface area contributed by atoms with Crippen molar-refractivity contribution in [1.82, 2.24) is 57.7 Å². The van der Waals surface area contributed by atoms with E-state index in [0.29, 0.717) is 39.6 Å². The Hall–Kier alpha value is -10.2. The molecule has 5 aromatic rings. The zero-order valence-electron chi connectivity index (χ0n) is 53.0. The summed E-state index contributed by atoms with van der Waals surface area (Å²) in [6.45, 7) is 6.93. The maximum absolute atomic E-state index is 15.2. The maximum Gasteiger partial charge on any atom is 0.305 e. The number of H-pyrrole nitrogens is 1. The van der Waals surface area contributed by atoms with Gasteiger partial charge in [0, 0.05) is 49.3 Å². The lowest BCUT2D eigenvalue weighted by Crippen LogP contribution is -2.62. The molecule has 27 heteroatoms. The molecule has 10 atom stereocenters. The number of hydrogen-bond donors (Lipinski definition) is 14. The summed E-state index contributed by atoms with van der Waals surface area (Å²) in [6.07, 6.45) is -0.659. The van der Waals surface area contributed by atoms with Crippen LogP contribution in [0.3, 0.4) is 0 Å². The summed E-state index contributed by atoms with van der Waals surface area (Å²) in [6, 6.07) is 14.5. The number of fused-ring (bicyclic) bond motifs is 2. The predicted molar refractivity (Wildman–Crippen MR) is 345 cm³/mol. The number of hydrogen-bond acceptors (Lipinski definition) is 14. The summed E-state index contributed by atoms with van der Waals surface area (Å²) in [5.41, 5.74) is 14.3. The first kappa shape index (κ1) is 71.3. The molecule has 3 heterocycles. The molecule has 0 spiro atoms. The van der Waals surface area contributed by atoms with Crippen molar-refractivity contribution in [3.05, 3.63) is 138 Å². The van der Waals surface area contributed by atoms with E-state index in [9.17, 15) is 63.0 Å². The van der Waals surface area contributed by atoms with Crippen molar-refractivity contribution in [3.8, 4) is 5.75 Å². The van der Waals surface area contributed by atoms with Gasteiger partial charge in [0.05, 0.1) is 12.8 Å². The Balaban J connectivity index is 1.32. The highest BCUT2D eigenvalue weighted by atomic mass is 16.4. The number of carboxylic acid groups (broad SMARTS) is 1. The van der Waals surface area contributed by atoms with Crippen LogP contribution in [-0.2, 0) is 83.2 Å². The molecule has 11 amide bonds. The third kappa shape index (κ3) is 20.4. The lowest BCUT2D eigenvalue weighted by atomic mass is 9.98. The Morgan fingerprint density at radius 1 is 0.521 bits per heavy atom. The second-order valence-corrected chi connectivity index (χ2v) is 24.6. The van der Waals surface area contributed by atoms with E-state index in [1.807, 2.05) is 0 Å². The highest BCUT2D eigenvalue weighted by Crippen LogP contribution is 2.23. The summed E-state index contributed by atoms with van der Waals surface area (Å²) in [5, 5.41) is 44.9. The van der Waals surface area contributed by atoms with E-state index in [1.165, 1.54) is 17.0 Å². The number of carbonyl (C=O) groups is 12. The van der Waals surface area contributed by atoms with Crippen molar-refractivity contribution in [2.75, 3.05) is 13.1 Å². The average molecular weight is 1300 g/mol. The van der Waals surface area contributed by atoms with E-state index < -0.39 is 150 Å². The number of primary amides is 1. The van der Waals surface area contributed by atoms with E-state index in [-0.39, 0.29) is 76.1 Å². The fraction of sp³-hybridized carbons (Fsp3) is 0.433. The standard InChI is InChI=1S/C67H85N13O14/c1-37(2)29-47-59(86)78-53(32-41-23-25-43(81)26-24-41)67(94)80-28-14-22-54(80)65(92)77-49(31-40-17-9-6-10-18-40)61(88)73-48(30-39-15-7-5-8-16-39)60(87)75-51(34-55(69)82)62(89)76-52(35-56(83)84)63(90)74-50(33-42-36-70-45-20-12-11-19-44(42)45)64(91)79-57(38(3)4)66(93)71-46(21-13-27-68)58(85)72-47/h5-12,15-20,23-26,36-38,46-54,57,70,81H,13-14,21-22,27-35,68H2,1-4H3,(H2,69,82)(H,71,93)(H,72,85)(H,73,88)(H,74,90)(H,75,87)(H,76,89)(H,77,92)(H,78,86)(H,79,91)(H,83,84)/t46-,47?,48+,49-,50-,51-,52-,53+,54-,57-/m0/s1. The molecular formula is C67H85N13O14. The largest absolute Gasteiger partial charge is 0.508 e. The molecule has 94 heavy (non-hydrogen) atoms. The Labute approximate surface area is 543 Å². The Kier molecular flexibility index (Phi) is 25.7. The van der Waals surface area contributed by atoms with Crippen LogP contribution in [0.2, 0.25) is 0 Å². The minimum atomic E-state index is -2.01. The van der Waals surface area contributed by atoms with Crippen molar-refractivity contribution in [1.29, 1.82) is 0 Å². The molecule has 7 rings (SSSR count). The third-order valence-corrected chi connectivity index (χ3v) is 16.4. The Bertz CT molecular complexity index is 3510. The number of para-hydroxylation sites is 1. The number of amides is 11. The van der Waals surface area contributed by atoms with Gasteiger partial charge < -0.3 is 79.4 Å². The molecule has 0 bridgehead atoms. The number of aromatic nitrogens is 1. The van der Waals surface area contributed by atoms with Crippen molar-refractivity contribution in [3.63, 3.8) is 0 Å². The number of carboxylic acids is 1. The number of aromatic amines is 1. The van der Waals surface area contributed by atoms with Crippen LogP contribution in [0.25, 0.3) is 10.9 Å². The van der Waals surface area contributed by atoms with Gasteiger partial charge >= 0.3 is 5.97 Å². The summed E-state index contributed by atoms with van der Waals surface area (Å²) >= 11 is 0. The molecule has 1 unspecified atom stereocenters. The van der Waals surface area contributed by atoms with E-state index in [4.69, 9.17) is 11.5 Å². The number of nitrogens with one attached hydrogen (secondary N) is 10. The lowest BCUT2D eigenvalue weighted by molar-refractivity contribution is -0.142. The van der Waals surface area contributed by atoms with Crippen LogP contribution in [0.15, 0.2) is 115 Å². The molecule has 2 saturated heterocycles. The van der Waals surface area contributed by atoms with Crippen LogP contribution in [0.4, 0.5) is 0 Å². The van der Waals surface area contributed by atoms with Crippen molar-refractivity contribution < 1.29 is 67.7 Å². The lowest BCUT2D eigenvalue weighted by Gasteiger charge is -2.32. The van der Waals surface area contributed by atoms with Gasteiger partial charge in [-0.1, -0.05) is 119 Å². The van der Waals surface area contributed by atoms with Crippen LogP contribution < -0.4 is 59.3 Å². The van der Waals surface area contributed by atoms with E-state index in [2.05, 4.69) is 52.8 Å². The van der Waals surface area contributed by atoms with Gasteiger partial charge in [0.2, 0.25) is 65.0 Å². The highest BCUT2D eigenvalue weighted by Gasteiger charge is 2.42. The minimum absolute atomic E-state index is 0.0297. The summed E-state index contributed by atoms with van der Waals surface area (Å²) < 4.78 is 0. The zero-order chi connectivity index (χ0) is 68.2. The summed E-state index contributed by atoms with van der Waals surface area (Å²) in [7, 11) is 0. The predicted octanol–water partition coefficient (Wildman–Crippen LogP) is 0.303. The van der Waals surface area contributed by atoms with Gasteiger partial charge in [-0.05, 0) is 90.9 Å². The van der Waals surface area contributed by atoms with Crippen LogP contribution in [-0.4, -0.2) is 165 Å². The molecule has 2 aliphatic heterocycles. The monoisotopic (exact) mass is 1300 g/mol. The Morgan fingerprint density at radius 3 is 1.54 bits per heavy atom. The molecule has 0 radical (unpaired) electrons. The molecular weight excluding hydrogens is 1210 g/mol. The summed E-state index contributed by atoms with van der Waals surface area (Å²) in [5.74, 6) is -13.1. The highest BCUT2D eigenvalue weighted by molar-refractivity contribution is 6.01. The van der Waals surface area contributed by atoms with Crippen molar-refractivity contribution >= 4 is 81.9 Å². The zero-order valence-corrected chi connectivity index (χ0v) is 53.0. The van der Waals surface area contributed by atoms with Gasteiger partial charge in [0.1, 0.15) is 66.2 Å². The SMILES string of the molecule is CC(C)CC1NC(=O)[C@H](CCCN)NC(=O)[C@H](C(C)C)NC(=O)[C@H](Cc2c[nH]c3ccccc23)NC(=O)[C@H](CC(=O)O)NC(=O)[C@H](CC(N)=O)NC(=O)[C@@H](Cc2ccccc2)NC(=O)[C@H](Cc2ccccc2)NC(=O)[C@@H]2CCCN2C(=O)[C@@H](Cc2ccc(O)cc2)NC1=O. The number of nitrogens with two attached hydrogens (primary N) is 2.